The minimum absolute atomic E-state index is 0.452. The van der Waals surface area contributed by atoms with E-state index in [4.69, 9.17) is 9.47 Å². The molecule has 124 valence electrons. The Labute approximate surface area is 139 Å². The molecular weight excluding hydrogens is 310 g/mol. The van der Waals surface area contributed by atoms with Gasteiger partial charge >= 0.3 is 11.8 Å². The van der Waals surface area contributed by atoms with Gasteiger partial charge in [-0.05, 0) is 42.0 Å². The van der Waals surface area contributed by atoms with Gasteiger partial charge in [-0.3, -0.25) is 9.59 Å². The van der Waals surface area contributed by atoms with Gasteiger partial charge in [0.2, 0.25) is 0 Å². The van der Waals surface area contributed by atoms with Crippen LogP contribution in [0.4, 0.5) is 5.69 Å². The van der Waals surface area contributed by atoms with Crippen LogP contribution in [0.1, 0.15) is 5.56 Å². The Kier molecular flexibility index (Phi) is 5.90. The molecule has 0 aliphatic rings. The molecule has 0 heterocycles. The number of anilines is 1. The first-order valence-electron chi connectivity index (χ1n) is 7.05. The third-order valence-corrected chi connectivity index (χ3v) is 3.03. The van der Waals surface area contributed by atoms with Gasteiger partial charge in [-0.2, -0.15) is 5.10 Å². The Hall–Kier alpha value is -3.35. The highest BCUT2D eigenvalue weighted by Gasteiger charge is 2.12. The predicted molar refractivity (Wildman–Crippen MR) is 90.4 cm³/mol. The second-order valence-corrected chi connectivity index (χ2v) is 4.66. The highest BCUT2D eigenvalue weighted by Crippen LogP contribution is 2.16. The van der Waals surface area contributed by atoms with Crippen LogP contribution in [0.25, 0.3) is 0 Å². The summed E-state index contributed by atoms with van der Waals surface area (Å²) in [4.78, 5) is 23.5. The van der Waals surface area contributed by atoms with Gasteiger partial charge in [-0.15, -0.1) is 0 Å². The predicted octanol–water partition coefficient (Wildman–Crippen LogP) is 1.79. The lowest BCUT2D eigenvalue weighted by Gasteiger charge is -2.05. The third-order valence-electron chi connectivity index (χ3n) is 3.03. The Morgan fingerprint density at radius 3 is 2.33 bits per heavy atom. The highest BCUT2D eigenvalue weighted by atomic mass is 16.5. The summed E-state index contributed by atoms with van der Waals surface area (Å²) in [5, 5.41) is 6.20. The van der Waals surface area contributed by atoms with Crippen molar-refractivity contribution in [1.82, 2.24) is 5.43 Å². The van der Waals surface area contributed by atoms with Crippen molar-refractivity contribution < 1.29 is 19.1 Å². The lowest BCUT2D eigenvalue weighted by Crippen LogP contribution is -2.32. The number of hydrazone groups is 1. The first-order valence-corrected chi connectivity index (χ1v) is 7.05. The van der Waals surface area contributed by atoms with Gasteiger partial charge in [0, 0.05) is 11.8 Å². The summed E-state index contributed by atoms with van der Waals surface area (Å²) >= 11 is 0. The van der Waals surface area contributed by atoms with Crippen LogP contribution < -0.4 is 20.2 Å². The smallest absolute Gasteiger partial charge is 0.329 e. The number of ether oxygens (including phenoxy) is 2. The van der Waals surface area contributed by atoms with Crippen LogP contribution in [-0.2, 0) is 9.59 Å². The van der Waals surface area contributed by atoms with Gasteiger partial charge in [0.15, 0.2) is 0 Å². The van der Waals surface area contributed by atoms with E-state index in [0.717, 1.165) is 5.56 Å². The molecule has 2 aromatic rings. The number of nitrogens with one attached hydrogen (secondary N) is 2. The number of rotatable bonds is 5. The summed E-state index contributed by atoms with van der Waals surface area (Å²) < 4.78 is 10.1. The summed E-state index contributed by atoms with van der Waals surface area (Å²) in [6.45, 7) is 0. The topological polar surface area (TPSA) is 89.0 Å². The number of amides is 2. The summed E-state index contributed by atoms with van der Waals surface area (Å²) in [6.07, 6.45) is 1.43. The normalized spacial score (nSPS) is 10.2. The van der Waals surface area contributed by atoms with Crippen molar-refractivity contribution >= 4 is 23.7 Å². The number of hydrogen-bond donors (Lipinski definition) is 2. The molecule has 0 spiro atoms. The van der Waals surface area contributed by atoms with E-state index >= 15 is 0 Å². The molecule has 0 aromatic heterocycles. The molecule has 2 amide bonds. The molecule has 2 aromatic carbocycles. The number of benzene rings is 2. The van der Waals surface area contributed by atoms with E-state index in [1.807, 2.05) is 0 Å². The van der Waals surface area contributed by atoms with Crippen molar-refractivity contribution in [2.45, 2.75) is 0 Å². The molecule has 2 N–H and O–H groups in total. The Balaban J connectivity index is 1.88. The van der Waals surface area contributed by atoms with Gasteiger partial charge in [0.25, 0.3) is 0 Å². The summed E-state index contributed by atoms with van der Waals surface area (Å²) in [7, 11) is 3.09. The SMILES string of the molecule is COc1ccc(/C=N\NC(=O)C(=O)Nc2cccc(OC)c2)cc1. The molecule has 7 heteroatoms. The number of carbonyl (C=O) groups is 2. The van der Waals surface area contributed by atoms with Crippen molar-refractivity contribution in [3.63, 3.8) is 0 Å². The first kappa shape index (κ1) is 17.0. The fraction of sp³-hybridized carbons (Fsp3) is 0.118. The standard InChI is InChI=1S/C17H17N3O4/c1-23-14-8-6-12(7-9-14)11-18-20-17(22)16(21)19-13-4-3-5-15(10-13)24-2/h3-11H,1-2H3,(H,19,21)(H,20,22)/b18-11-. The van der Waals surface area contributed by atoms with E-state index in [1.165, 1.54) is 13.3 Å². The lowest BCUT2D eigenvalue weighted by molar-refractivity contribution is -0.136. The largest absolute Gasteiger partial charge is 0.497 e. The average molecular weight is 327 g/mol. The Morgan fingerprint density at radius 1 is 0.958 bits per heavy atom. The van der Waals surface area contributed by atoms with Crippen LogP contribution in [0.3, 0.4) is 0 Å². The molecular formula is C17H17N3O4. The van der Waals surface area contributed by atoms with E-state index in [1.54, 1.807) is 55.6 Å². The van der Waals surface area contributed by atoms with Gasteiger partial charge in [-0.1, -0.05) is 6.07 Å². The second kappa shape index (κ2) is 8.33. The van der Waals surface area contributed by atoms with Crippen LogP contribution in [-0.4, -0.2) is 32.2 Å². The fourth-order valence-corrected chi connectivity index (χ4v) is 1.79. The van der Waals surface area contributed by atoms with E-state index in [2.05, 4.69) is 15.8 Å². The van der Waals surface area contributed by atoms with E-state index in [0.29, 0.717) is 17.2 Å². The minimum atomic E-state index is -0.873. The van der Waals surface area contributed by atoms with Crippen LogP contribution >= 0.6 is 0 Å². The highest BCUT2D eigenvalue weighted by molar-refractivity contribution is 6.39. The van der Waals surface area contributed by atoms with Gasteiger partial charge in [0.1, 0.15) is 11.5 Å². The minimum Gasteiger partial charge on any atom is -0.497 e. The maximum atomic E-state index is 11.8. The van der Waals surface area contributed by atoms with Gasteiger partial charge in [-0.25, -0.2) is 5.43 Å². The molecule has 0 saturated heterocycles. The molecule has 24 heavy (non-hydrogen) atoms. The number of hydrogen-bond acceptors (Lipinski definition) is 5. The number of carbonyl (C=O) groups excluding carboxylic acids is 2. The molecule has 0 aliphatic heterocycles. The summed E-state index contributed by atoms with van der Waals surface area (Å²) in [5.41, 5.74) is 3.37. The molecule has 2 rings (SSSR count). The molecule has 7 nitrogen and oxygen atoms in total. The zero-order valence-electron chi connectivity index (χ0n) is 13.3. The maximum Gasteiger partial charge on any atom is 0.329 e. The second-order valence-electron chi connectivity index (χ2n) is 4.66. The molecule has 0 aliphatic carbocycles. The molecule has 0 saturated carbocycles. The number of methoxy groups -OCH3 is 2. The summed E-state index contributed by atoms with van der Waals surface area (Å²) in [5.74, 6) is -0.405. The van der Waals surface area contributed by atoms with Crippen molar-refractivity contribution in [2.75, 3.05) is 19.5 Å². The lowest BCUT2D eigenvalue weighted by atomic mass is 10.2. The zero-order chi connectivity index (χ0) is 17.4. The van der Waals surface area contributed by atoms with Crippen molar-refractivity contribution in [2.24, 2.45) is 5.10 Å². The van der Waals surface area contributed by atoms with Crippen molar-refractivity contribution in [3.05, 3.63) is 54.1 Å². The van der Waals surface area contributed by atoms with Crippen LogP contribution in [0.5, 0.6) is 11.5 Å². The summed E-state index contributed by atoms with van der Waals surface area (Å²) in [6, 6.07) is 13.7. The zero-order valence-corrected chi connectivity index (χ0v) is 13.3. The molecule has 0 radical (unpaired) electrons. The van der Waals surface area contributed by atoms with E-state index in [9.17, 15) is 9.59 Å². The molecule has 0 unspecified atom stereocenters. The van der Waals surface area contributed by atoms with Crippen molar-refractivity contribution in [1.29, 1.82) is 0 Å². The average Bonchev–Trinajstić information content (AvgIpc) is 2.62. The molecule has 0 atom stereocenters. The third kappa shape index (κ3) is 4.84. The van der Waals surface area contributed by atoms with Gasteiger partial charge < -0.3 is 14.8 Å². The van der Waals surface area contributed by atoms with Crippen LogP contribution in [0.2, 0.25) is 0 Å². The van der Waals surface area contributed by atoms with Crippen LogP contribution in [0.15, 0.2) is 53.6 Å². The number of nitrogens with zero attached hydrogens (tertiary/aromatic N) is 1. The maximum absolute atomic E-state index is 11.8. The van der Waals surface area contributed by atoms with Gasteiger partial charge in [0.05, 0.1) is 20.4 Å². The Bertz CT molecular complexity index is 742. The quantitative estimate of drug-likeness (QED) is 0.498. The van der Waals surface area contributed by atoms with E-state index < -0.39 is 11.8 Å². The van der Waals surface area contributed by atoms with Crippen LogP contribution in [0, 0.1) is 0 Å². The Morgan fingerprint density at radius 2 is 1.67 bits per heavy atom. The molecule has 0 fully saturated rings. The van der Waals surface area contributed by atoms with Crippen molar-refractivity contribution in [3.8, 4) is 11.5 Å². The monoisotopic (exact) mass is 327 g/mol. The fourth-order valence-electron chi connectivity index (χ4n) is 1.79. The first-order chi connectivity index (χ1) is 11.6. The molecule has 0 bridgehead atoms. The van der Waals surface area contributed by atoms with E-state index in [-0.39, 0.29) is 0 Å².